The second kappa shape index (κ2) is 8.67. The molecule has 0 aliphatic carbocycles. The van der Waals surface area contributed by atoms with Gasteiger partial charge in [-0.2, -0.15) is 0 Å². The minimum atomic E-state index is -3.86. The van der Waals surface area contributed by atoms with Crippen molar-refractivity contribution in [1.29, 1.82) is 0 Å². The van der Waals surface area contributed by atoms with Crippen LogP contribution in [0.2, 0.25) is 0 Å². The molecule has 0 saturated carbocycles. The molecule has 0 unspecified atom stereocenters. The van der Waals surface area contributed by atoms with E-state index < -0.39 is 10.0 Å². The maximum atomic E-state index is 13.3. The molecule has 0 radical (unpaired) electrons. The van der Waals surface area contributed by atoms with Gasteiger partial charge in [0.05, 0.1) is 21.7 Å². The lowest BCUT2D eigenvalue weighted by Crippen LogP contribution is -2.32. The van der Waals surface area contributed by atoms with Crippen LogP contribution < -0.4 is 0 Å². The summed E-state index contributed by atoms with van der Waals surface area (Å²) in [5.74, 6) is 0.0792. The minimum absolute atomic E-state index is 0.0466. The van der Waals surface area contributed by atoms with Crippen molar-refractivity contribution < 1.29 is 13.2 Å². The van der Waals surface area contributed by atoms with Crippen LogP contribution in [0.4, 0.5) is 0 Å². The van der Waals surface area contributed by atoms with Gasteiger partial charge >= 0.3 is 0 Å². The number of amides is 1. The number of hydrogen-bond acceptors (Lipinski definition) is 5. The Morgan fingerprint density at radius 1 is 1.11 bits per heavy atom. The van der Waals surface area contributed by atoms with Gasteiger partial charge in [-0.3, -0.25) is 4.79 Å². The molecule has 28 heavy (non-hydrogen) atoms. The van der Waals surface area contributed by atoms with Crippen LogP contribution >= 0.6 is 27.7 Å². The highest BCUT2D eigenvalue weighted by Gasteiger charge is 2.25. The molecule has 2 aromatic carbocycles. The van der Waals surface area contributed by atoms with Gasteiger partial charge < -0.3 is 4.90 Å². The van der Waals surface area contributed by atoms with E-state index in [4.69, 9.17) is 0 Å². The standard InChI is InChI=1S/C19H20BrN3O3S2/c1-3-22(4-2)18(24)13-27-19-21-16-7-5-6-8-17(16)23(19)28(25,26)15-11-9-14(20)10-12-15/h5-12H,3-4,13H2,1-2H3. The highest BCUT2D eigenvalue weighted by Crippen LogP contribution is 2.29. The first-order valence-corrected chi connectivity index (χ1v) is 12.0. The first-order chi connectivity index (χ1) is 13.4. The van der Waals surface area contributed by atoms with Gasteiger partial charge in [-0.15, -0.1) is 0 Å². The summed E-state index contributed by atoms with van der Waals surface area (Å²) in [6.07, 6.45) is 0. The van der Waals surface area contributed by atoms with E-state index in [1.165, 1.54) is 3.97 Å². The van der Waals surface area contributed by atoms with Crippen LogP contribution in [0.1, 0.15) is 13.8 Å². The van der Waals surface area contributed by atoms with Gasteiger partial charge in [0, 0.05) is 17.6 Å². The van der Waals surface area contributed by atoms with E-state index in [1.807, 2.05) is 13.8 Å². The van der Waals surface area contributed by atoms with E-state index in [0.717, 1.165) is 16.2 Å². The number of nitrogens with zero attached hydrogens (tertiary/aromatic N) is 3. The largest absolute Gasteiger partial charge is 0.343 e. The topological polar surface area (TPSA) is 72.3 Å². The first kappa shape index (κ1) is 20.9. The van der Waals surface area contributed by atoms with Crippen molar-refractivity contribution in [2.45, 2.75) is 23.9 Å². The highest BCUT2D eigenvalue weighted by atomic mass is 79.9. The molecular weight excluding hydrogens is 462 g/mol. The number of para-hydroxylation sites is 2. The van der Waals surface area contributed by atoms with E-state index >= 15 is 0 Å². The molecule has 1 heterocycles. The second-order valence-corrected chi connectivity index (χ2v) is 9.61. The van der Waals surface area contributed by atoms with Crippen LogP contribution in [-0.2, 0) is 14.8 Å². The molecule has 0 spiro atoms. The smallest absolute Gasteiger partial charge is 0.270 e. The lowest BCUT2D eigenvalue weighted by atomic mass is 10.3. The molecule has 0 aliphatic rings. The molecule has 0 fully saturated rings. The predicted octanol–water partition coefficient (Wildman–Crippen LogP) is 4.00. The molecule has 3 rings (SSSR count). The van der Waals surface area contributed by atoms with E-state index in [0.29, 0.717) is 24.1 Å². The van der Waals surface area contributed by atoms with Crippen LogP contribution in [0.25, 0.3) is 11.0 Å². The molecule has 148 valence electrons. The summed E-state index contributed by atoms with van der Waals surface area (Å²) in [6, 6.07) is 13.5. The van der Waals surface area contributed by atoms with Gasteiger partial charge in [0.15, 0.2) is 5.16 Å². The van der Waals surface area contributed by atoms with Crippen molar-refractivity contribution in [3.63, 3.8) is 0 Å². The third kappa shape index (κ3) is 4.11. The normalized spacial score (nSPS) is 11.7. The highest BCUT2D eigenvalue weighted by molar-refractivity contribution is 9.10. The summed E-state index contributed by atoms with van der Waals surface area (Å²) < 4.78 is 28.7. The zero-order chi connectivity index (χ0) is 20.3. The minimum Gasteiger partial charge on any atom is -0.343 e. The van der Waals surface area contributed by atoms with Crippen LogP contribution in [0, 0.1) is 0 Å². The fourth-order valence-electron chi connectivity index (χ4n) is 2.81. The lowest BCUT2D eigenvalue weighted by Gasteiger charge is -2.18. The van der Waals surface area contributed by atoms with Crippen LogP contribution in [0.3, 0.4) is 0 Å². The molecule has 0 saturated heterocycles. The Hall–Kier alpha value is -1.84. The Labute approximate surface area is 177 Å². The Balaban J connectivity index is 2.05. The molecule has 9 heteroatoms. The van der Waals surface area contributed by atoms with Gasteiger partial charge in [-0.1, -0.05) is 39.8 Å². The van der Waals surface area contributed by atoms with Crippen LogP contribution in [0.5, 0.6) is 0 Å². The predicted molar refractivity (Wildman–Crippen MR) is 115 cm³/mol. The lowest BCUT2D eigenvalue weighted by molar-refractivity contribution is -0.127. The van der Waals surface area contributed by atoms with Gasteiger partial charge in [0.2, 0.25) is 5.91 Å². The fraction of sp³-hybridized carbons (Fsp3) is 0.263. The summed E-state index contributed by atoms with van der Waals surface area (Å²) in [5, 5.41) is 0.282. The van der Waals surface area contributed by atoms with Gasteiger partial charge in [-0.25, -0.2) is 17.4 Å². The molecule has 0 atom stereocenters. The Morgan fingerprint density at radius 3 is 2.39 bits per heavy atom. The molecular formula is C19H20BrN3O3S2. The second-order valence-electron chi connectivity index (χ2n) is 5.96. The third-order valence-electron chi connectivity index (χ3n) is 4.28. The van der Waals surface area contributed by atoms with Crippen LogP contribution in [0.15, 0.2) is 63.1 Å². The first-order valence-electron chi connectivity index (χ1n) is 8.77. The molecule has 0 bridgehead atoms. The number of imidazole rings is 1. The van der Waals surface area contributed by atoms with Crippen molar-refractivity contribution >= 4 is 54.7 Å². The monoisotopic (exact) mass is 481 g/mol. The number of thioether (sulfide) groups is 1. The van der Waals surface area contributed by atoms with Crippen molar-refractivity contribution in [3.05, 3.63) is 53.0 Å². The van der Waals surface area contributed by atoms with Crippen molar-refractivity contribution in [2.24, 2.45) is 0 Å². The number of carbonyl (C=O) groups excluding carboxylic acids is 1. The summed E-state index contributed by atoms with van der Waals surface area (Å²) in [7, 11) is -3.86. The van der Waals surface area contributed by atoms with E-state index in [9.17, 15) is 13.2 Å². The van der Waals surface area contributed by atoms with Gasteiger partial charge in [0.1, 0.15) is 0 Å². The molecule has 0 aliphatic heterocycles. The van der Waals surface area contributed by atoms with Crippen LogP contribution in [-0.4, -0.2) is 47.0 Å². The summed E-state index contributed by atoms with van der Waals surface area (Å²) >= 11 is 4.46. The average molecular weight is 482 g/mol. The Bertz CT molecular complexity index is 1090. The molecule has 0 N–H and O–H groups in total. The number of hydrogen-bond donors (Lipinski definition) is 0. The zero-order valence-electron chi connectivity index (χ0n) is 15.5. The maximum absolute atomic E-state index is 13.3. The summed E-state index contributed by atoms with van der Waals surface area (Å²) in [5.41, 5.74) is 1.06. The quantitative estimate of drug-likeness (QED) is 0.476. The van der Waals surface area contributed by atoms with Crippen molar-refractivity contribution in [2.75, 3.05) is 18.8 Å². The third-order valence-corrected chi connectivity index (χ3v) is 7.57. The molecule has 6 nitrogen and oxygen atoms in total. The SMILES string of the molecule is CCN(CC)C(=O)CSc1nc2ccccc2n1S(=O)(=O)c1ccc(Br)cc1. The van der Waals surface area contributed by atoms with Crippen molar-refractivity contribution in [1.82, 2.24) is 13.9 Å². The fourth-order valence-corrected chi connectivity index (χ4v) is 5.69. The number of aromatic nitrogens is 2. The van der Waals surface area contributed by atoms with Crippen molar-refractivity contribution in [3.8, 4) is 0 Å². The Kier molecular flexibility index (Phi) is 6.47. The number of carbonyl (C=O) groups is 1. The average Bonchev–Trinajstić information content (AvgIpc) is 3.07. The molecule has 1 amide bonds. The molecule has 3 aromatic rings. The van der Waals surface area contributed by atoms with E-state index in [-0.39, 0.29) is 21.7 Å². The maximum Gasteiger partial charge on any atom is 0.270 e. The number of halogens is 1. The van der Waals surface area contributed by atoms with Gasteiger partial charge in [0.25, 0.3) is 10.0 Å². The summed E-state index contributed by atoms with van der Waals surface area (Å²) in [4.78, 5) is 18.7. The number of fused-ring (bicyclic) bond motifs is 1. The zero-order valence-corrected chi connectivity index (χ0v) is 18.7. The Morgan fingerprint density at radius 2 is 1.75 bits per heavy atom. The number of rotatable bonds is 7. The molecule has 1 aromatic heterocycles. The summed E-state index contributed by atoms with van der Waals surface area (Å²) in [6.45, 7) is 5.06. The number of benzene rings is 2. The van der Waals surface area contributed by atoms with E-state index in [1.54, 1.807) is 53.4 Å². The van der Waals surface area contributed by atoms with E-state index in [2.05, 4.69) is 20.9 Å². The van der Waals surface area contributed by atoms with Gasteiger partial charge in [-0.05, 0) is 50.2 Å².